The van der Waals surface area contributed by atoms with E-state index in [4.69, 9.17) is 56.5 Å². The monoisotopic (exact) mass is 592 g/mol. The van der Waals surface area contributed by atoms with Gasteiger partial charge in [0.05, 0.1) is 27.2 Å². The average Bonchev–Trinajstić information content (AvgIpc) is 3.14. The summed E-state index contributed by atoms with van der Waals surface area (Å²) in [5.74, 6) is 0.217. The number of anilines is 2. The van der Waals surface area contributed by atoms with Crippen LogP contribution in [-0.4, -0.2) is 29.3 Å². The molecule has 1 fully saturated rings. The molecule has 2 amide bonds. The van der Waals surface area contributed by atoms with Crippen LogP contribution in [0.1, 0.15) is 12.5 Å². The number of thioether (sulfide) groups is 1. The fraction of sp³-hybridized carbons (Fsp3) is 0.115. The third kappa shape index (κ3) is 6.77. The zero-order valence-corrected chi connectivity index (χ0v) is 23.2. The molecule has 0 unspecified atom stereocenters. The van der Waals surface area contributed by atoms with Crippen LogP contribution in [0.15, 0.2) is 65.6 Å². The lowest BCUT2D eigenvalue weighted by Gasteiger charge is -2.14. The first kappa shape index (κ1) is 27.3. The highest BCUT2D eigenvalue weighted by atomic mass is 35.5. The fourth-order valence-electron chi connectivity index (χ4n) is 3.35. The molecule has 1 N–H and O–H groups in total. The maximum atomic E-state index is 13.1. The number of amides is 2. The molecule has 37 heavy (non-hydrogen) atoms. The maximum absolute atomic E-state index is 13.1. The van der Waals surface area contributed by atoms with Gasteiger partial charge in [0.25, 0.3) is 11.8 Å². The summed E-state index contributed by atoms with van der Waals surface area (Å²) in [5, 5.41) is 4.00. The molecule has 1 saturated heterocycles. The molecule has 1 heterocycles. The van der Waals surface area contributed by atoms with Crippen LogP contribution in [0.2, 0.25) is 15.1 Å². The van der Waals surface area contributed by atoms with Crippen LogP contribution in [0.3, 0.4) is 0 Å². The van der Waals surface area contributed by atoms with Gasteiger partial charge < -0.3 is 14.8 Å². The SMILES string of the molecule is CCOc1cc(/C=C2\SC(=S)N(c3ccc(Cl)cc3)C2=O)ccc1OCC(=O)Nc1ccc(Cl)c(Cl)c1. The first-order valence-electron chi connectivity index (χ1n) is 10.9. The topological polar surface area (TPSA) is 67.9 Å². The van der Waals surface area contributed by atoms with Gasteiger partial charge in [-0.05, 0) is 73.2 Å². The summed E-state index contributed by atoms with van der Waals surface area (Å²) in [6.45, 7) is 1.97. The van der Waals surface area contributed by atoms with E-state index in [1.165, 1.54) is 16.7 Å². The zero-order valence-electron chi connectivity index (χ0n) is 19.3. The Morgan fingerprint density at radius 3 is 2.46 bits per heavy atom. The summed E-state index contributed by atoms with van der Waals surface area (Å²) < 4.78 is 11.8. The number of hydrogen-bond donors (Lipinski definition) is 1. The zero-order chi connectivity index (χ0) is 26.5. The van der Waals surface area contributed by atoms with E-state index in [2.05, 4.69) is 5.32 Å². The standard InChI is InChI=1S/C26H19Cl3N2O4S2/c1-2-34-22-11-15(12-23-25(33)31(26(36)37-23)18-7-4-16(27)5-8-18)3-10-21(22)35-14-24(32)30-17-6-9-19(28)20(29)13-17/h3-13H,2,14H2,1H3,(H,30,32)/b23-12-. The molecule has 0 saturated carbocycles. The lowest BCUT2D eigenvalue weighted by atomic mass is 10.1. The first-order valence-corrected chi connectivity index (χ1v) is 13.3. The largest absolute Gasteiger partial charge is 0.490 e. The Bertz CT molecular complexity index is 1400. The molecule has 11 heteroatoms. The van der Waals surface area contributed by atoms with E-state index in [1.54, 1.807) is 66.7 Å². The molecule has 1 aliphatic rings. The summed E-state index contributed by atoms with van der Waals surface area (Å²) in [5.41, 5.74) is 1.86. The van der Waals surface area contributed by atoms with Crippen molar-refractivity contribution in [3.63, 3.8) is 0 Å². The van der Waals surface area contributed by atoms with Crippen molar-refractivity contribution in [3.8, 4) is 11.5 Å². The maximum Gasteiger partial charge on any atom is 0.270 e. The predicted octanol–water partition coefficient (Wildman–Crippen LogP) is 7.47. The second-order valence-electron chi connectivity index (χ2n) is 7.60. The van der Waals surface area contributed by atoms with Gasteiger partial charge in [-0.1, -0.05) is 64.8 Å². The molecule has 0 bridgehead atoms. The van der Waals surface area contributed by atoms with Crippen molar-refractivity contribution < 1.29 is 19.1 Å². The van der Waals surface area contributed by atoms with Crippen LogP contribution in [0, 0.1) is 0 Å². The highest BCUT2D eigenvalue weighted by molar-refractivity contribution is 8.27. The minimum absolute atomic E-state index is 0.227. The normalized spacial score (nSPS) is 14.3. The van der Waals surface area contributed by atoms with Gasteiger partial charge in [0.15, 0.2) is 22.4 Å². The van der Waals surface area contributed by atoms with Gasteiger partial charge in [0, 0.05) is 10.7 Å². The van der Waals surface area contributed by atoms with Crippen molar-refractivity contribution in [2.45, 2.75) is 6.92 Å². The Morgan fingerprint density at radius 1 is 1.00 bits per heavy atom. The van der Waals surface area contributed by atoms with E-state index in [0.29, 0.717) is 59.3 Å². The van der Waals surface area contributed by atoms with E-state index in [0.717, 1.165) is 0 Å². The predicted molar refractivity (Wildman–Crippen MR) is 155 cm³/mol. The average molecular weight is 594 g/mol. The van der Waals surface area contributed by atoms with Gasteiger partial charge in [0.1, 0.15) is 0 Å². The van der Waals surface area contributed by atoms with Gasteiger partial charge >= 0.3 is 0 Å². The molecule has 3 aromatic rings. The molecule has 0 aromatic heterocycles. The van der Waals surface area contributed by atoms with Gasteiger partial charge in [-0.2, -0.15) is 0 Å². The van der Waals surface area contributed by atoms with E-state index in [9.17, 15) is 9.59 Å². The first-order chi connectivity index (χ1) is 17.7. The third-order valence-electron chi connectivity index (χ3n) is 5.01. The van der Waals surface area contributed by atoms with Crippen LogP contribution < -0.4 is 19.7 Å². The number of nitrogens with zero attached hydrogens (tertiary/aromatic N) is 1. The van der Waals surface area contributed by atoms with Crippen LogP contribution in [0.4, 0.5) is 11.4 Å². The Morgan fingerprint density at radius 2 is 1.76 bits per heavy atom. The highest BCUT2D eigenvalue weighted by Gasteiger charge is 2.33. The summed E-state index contributed by atoms with van der Waals surface area (Å²) in [6.07, 6.45) is 1.73. The molecule has 6 nitrogen and oxygen atoms in total. The highest BCUT2D eigenvalue weighted by Crippen LogP contribution is 2.37. The summed E-state index contributed by atoms with van der Waals surface area (Å²) in [6, 6.07) is 16.9. The second-order valence-corrected chi connectivity index (χ2v) is 10.5. The molecular formula is C26H19Cl3N2O4S2. The van der Waals surface area contributed by atoms with E-state index < -0.39 is 0 Å². The van der Waals surface area contributed by atoms with Crippen molar-refractivity contribution >= 4 is 92.4 Å². The van der Waals surface area contributed by atoms with Gasteiger partial charge in [-0.15, -0.1) is 0 Å². The number of ether oxygens (including phenoxy) is 2. The number of halogens is 3. The Kier molecular flexibility index (Phi) is 9.00. The number of nitrogens with one attached hydrogen (secondary N) is 1. The number of carbonyl (C=O) groups is 2. The van der Waals surface area contributed by atoms with Crippen LogP contribution in [0.25, 0.3) is 6.08 Å². The number of rotatable bonds is 8. The van der Waals surface area contributed by atoms with E-state index >= 15 is 0 Å². The molecule has 0 radical (unpaired) electrons. The number of thiocarbonyl (C=S) groups is 1. The van der Waals surface area contributed by atoms with Gasteiger partial charge in [-0.25, -0.2) is 0 Å². The van der Waals surface area contributed by atoms with Crippen LogP contribution in [0.5, 0.6) is 11.5 Å². The Labute approximate surface area is 238 Å². The molecule has 0 aliphatic carbocycles. The third-order valence-corrected chi connectivity index (χ3v) is 7.30. The molecule has 0 spiro atoms. The minimum Gasteiger partial charge on any atom is -0.490 e. The Hall–Kier alpha value is -2.75. The van der Waals surface area contributed by atoms with Gasteiger partial charge in [-0.3, -0.25) is 14.5 Å². The molecule has 1 aliphatic heterocycles. The molecular weight excluding hydrogens is 575 g/mol. The summed E-state index contributed by atoms with van der Waals surface area (Å²) in [7, 11) is 0. The lowest BCUT2D eigenvalue weighted by Crippen LogP contribution is -2.27. The van der Waals surface area contributed by atoms with Crippen molar-refractivity contribution in [2.75, 3.05) is 23.4 Å². The lowest BCUT2D eigenvalue weighted by molar-refractivity contribution is -0.118. The Balaban J connectivity index is 1.46. The van der Waals surface area contributed by atoms with Crippen LogP contribution in [-0.2, 0) is 9.59 Å². The van der Waals surface area contributed by atoms with Crippen molar-refractivity contribution in [3.05, 3.63) is 86.2 Å². The summed E-state index contributed by atoms with van der Waals surface area (Å²) >= 11 is 24.5. The smallest absolute Gasteiger partial charge is 0.270 e. The molecule has 190 valence electrons. The number of hydrogen-bond acceptors (Lipinski definition) is 6. The quantitative estimate of drug-likeness (QED) is 0.216. The summed E-state index contributed by atoms with van der Waals surface area (Å²) in [4.78, 5) is 27.3. The molecule has 3 aromatic carbocycles. The fourth-order valence-corrected chi connectivity index (χ4v) is 5.07. The van der Waals surface area contributed by atoms with Gasteiger partial charge in [0.2, 0.25) is 0 Å². The van der Waals surface area contributed by atoms with E-state index in [1.807, 2.05) is 6.92 Å². The van der Waals surface area contributed by atoms with Crippen molar-refractivity contribution in [1.82, 2.24) is 0 Å². The number of benzene rings is 3. The second kappa shape index (κ2) is 12.2. The minimum atomic E-state index is -0.379. The number of carbonyl (C=O) groups excluding carboxylic acids is 2. The van der Waals surface area contributed by atoms with Crippen molar-refractivity contribution in [2.24, 2.45) is 0 Å². The van der Waals surface area contributed by atoms with Crippen LogP contribution >= 0.6 is 58.8 Å². The molecule has 4 rings (SSSR count). The van der Waals surface area contributed by atoms with E-state index in [-0.39, 0.29) is 18.4 Å². The van der Waals surface area contributed by atoms with Crippen molar-refractivity contribution in [1.29, 1.82) is 0 Å². The molecule has 0 atom stereocenters.